The molecule has 0 fully saturated rings. The maximum absolute atomic E-state index is 13.0. The van der Waals surface area contributed by atoms with Crippen LogP contribution >= 0.6 is 0 Å². The normalized spacial score (nSPS) is 14.4. The minimum absolute atomic E-state index is 0.172. The monoisotopic (exact) mass is 428 g/mol. The van der Waals surface area contributed by atoms with Crippen LogP contribution in [0.5, 0.6) is 5.75 Å². The van der Waals surface area contributed by atoms with E-state index in [0.29, 0.717) is 17.1 Å². The first-order valence-electron chi connectivity index (χ1n) is 10.5. The van der Waals surface area contributed by atoms with E-state index in [4.69, 9.17) is 14.2 Å². The van der Waals surface area contributed by atoms with Gasteiger partial charge in [0.15, 0.2) is 0 Å². The Morgan fingerprint density at radius 3 is 1.97 bits per heavy atom. The smallest absolute Gasteiger partial charge is 0.347 e. The number of benzene rings is 2. The second-order valence-electron chi connectivity index (χ2n) is 9.67. The standard InChI is InChI=1S/C25H36O4Si/c1-18(2)25(23(3,4)5,24(6,7)22(26)28-29-30)20-13-15-21(16-14-20)27-17-19-11-9-8-10-12-19/h8-16,18H,17H2,1-7,30H3. The second-order valence-corrected chi connectivity index (χ2v) is 10.0. The Balaban J connectivity index is 2.45. The molecule has 0 aliphatic carbocycles. The lowest BCUT2D eigenvalue weighted by Crippen LogP contribution is -2.58. The Morgan fingerprint density at radius 2 is 1.50 bits per heavy atom. The van der Waals surface area contributed by atoms with E-state index >= 15 is 0 Å². The van der Waals surface area contributed by atoms with Crippen LogP contribution in [0.15, 0.2) is 54.6 Å². The first-order valence-corrected chi connectivity index (χ1v) is 11.3. The van der Waals surface area contributed by atoms with Crippen molar-refractivity contribution >= 4 is 16.5 Å². The first-order chi connectivity index (χ1) is 14.0. The Bertz CT molecular complexity index is 822. The summed E-state index contributed by atoms with van der Waals surface area (Å²) >= 11 is 0. The minimum Gasteiger partial charge on any atom is -0.489 e. The summed E-state index contributed by atoms with van der Waals surface area (Å²) in [4.78, 5) is 18.1. The molecule has 0 bridgehead atoms. The highest BCUT2D eigenvalue weighted by Gasteiger charge is 2.60. The van der Waals surface area contributed by atoms with Crippen LogP contribution in [0, 0.1) is 16.7 Å². The SMILES string of the molecule is CC(C)C(c1ccc(OCc2ccccc2)cc1)(C(C)(C)C)C(C)(C)C(=O)OO[SiH3]. The third-order valence-electron chi connectivity index (χ3n) is 6.26. The maximum Gasteiger partial charge on any atom is 0.347 e. The fourth-order valence-electron chi connectivity index (χ4n) is 5.55. The van der Waals surface area contributed by atoms with Crippen LogP contribution < -0.4 is 4.74 Å². The molecule has 30 heavy (non-hydrogen) atoms. The molecule has 5 heteroatoms. The predicted octanol–water partition coefficient (Wildman–Crippen LogP) is 4.99. The van der Waals surface area contributed by atoms with Crippen LogP contribution in [-0.4, -0.2) is 16.5 Å². The third-order valence-corrected chi connectivity index (χ3v) is 6.43. The van der Waals surface area contributed by atoms with Crippen molar-refractivity contribution in [2.45, 2.75) is 60.5 Å². The second kappa shape index (κ2) is 9.35. The van der Waals surface area contributed by atoms with Gasteiger partial charge in [-0.3, -0.25) is 4.58 Å². The van der Waals surface area contributed by atoms with Gasteiger partial charge in [0, 0.05) is 5.41 Å². The summed E-state index contributed by atoms with van der Waals surface area (Å²) in [6.45, 7) is 15.3. The summed E-state index contributed by atoms with van der Waals surface area (Å²) in [5, 5.41) is 0. The molecule has 4 nitrogen and oxygen atoms in total. The number of ether oxygens (including phenoxy) is 1. The van der Waals surface area contributed by atoms with Crippen LogP contribution in [0.4, 0.5) is 0 Å². The molecular formula is C25H36O4Si. The zero-order valence-electron chi connectivity index (χ0n) is 19.6. The van der Waals surface area contributed by atoms with Crippen molar-refractivity contribution in [2.24, 2.45) is 16.7 Å². The Morgan fingerprint density at radius 1 is 0.933 bits per heavy atom. The summed E-state index contributed by atoms with van der Waals surface area (Å²) in [6, 6.07) is 18.3. The van der Waals surface area contributed by atoms with E-state index in [-0.39, 0.29) is 17.3 Å². The molecule has 2 aromatic rings. The van der Waals surface area contributed by atoms with Gasteiger partial charge in [-0.25, -0.2) is 4.79 Å². The van der Waals surface area contributed by atoms with E-state index in [1.165, 1.54) is 0 Å². The van der Waals surface area contributed by atoms with Gasteiger partial charge in [0.2, 0.25) is 10.5 Å². The van der Waals surface area contributed by atoms with Gasteiger partial charge < -0.3 is 9.62 Å². The third kappa shape index (κ3) is 4.47. The number of carbonyl (C=O) groups is 1. The van der Waals surface area contributed by atoms with Crippen molar-refractivity contribution in [1.29, 1.82) is 0 Å². The molecule has 0 aliphatic heterocycles. The van der Waals surface area contributed by atoms with Gasteiger partial charge in [-0.15, -0.1) is 0 Å². The molecular weight excluding hydrogens is 392 g/mol. The summed E-state index contributed by atoms with van der Waals surface area (Å²) in [6.07, 6.45) is 0. The van der Waals surface area contributed by atoms with E-state index in [2.05, 4.69) is 46.8 Å². The highest BCUT2D eigenvalue weighted by atomic mass is 28.2. The molecule has 0 aliphatic rings. The van der Waals surface area contributed by atoms with Gasteiger partial charge in [-0.05, 0) is 48.4 Å². The minimum atomic E-state index is -0.809. The quantitative estimate of drug-likeness (QED) is 0.338. The zero-order valence-corrected chi connectivity index (χ0v) is 21.6. The number of hydrogen-bond acceptors (Lipinski definition) is 4. The molecule has 0 radical (unpaired) electrons. The molecule has 0 aromatic heterocycles. The van der Waals surface area contributed by atoms with E-state index in [0.717, 1.165) is 16.9 Å². The average molecular weight is 429 g/mol. The van der Waals surface area contributed by atoms with Crippen molar-refractivity contribution in [3.8, 4) is 5.75 Å². The lowest BCUT2D eigenvalue weighted by molar-refractivity contribution is -0.231. The Kier molecular flexibility index (Phi) is 7.53. The van der Waals surface area contributed by atoms with E-state index in [1.807, 2.05) is 56.3 Å². The Labute approximate surface area is 184 Å². The molecule has 0 spiro atoms. The number of carbonyl (C=O) groups excluding carboxylic acids is 1. The first kappa shape index (κ1) is 24.2. The molecule has 0 saturated carbocycles. The van der Waals surface area contributed by atoms with Crippen LogP contribution in [0.2, 0.25) is 0 Å². The van der Waals surface area contributed by atoms with E-state index < -0.39 is 10.8 Å². The van der Waals surface area contributed by atoms with Crippen molar-refractivity contribution < 1.29 is 19.0 Å². The predicted molar refractivity (Wildman–Crippen MR) is 124 cm³/mol. The lowest BCUT2D eigenvalue weighted by Gasteiger charge is -2.56. The molecule has 0 N–H and O–H groups in total. The van der Waals surface area contributed by atoms with Crippen molar-refractivity contribution in [2.75, 3.05) is 0 Å². The Hall–Kier alpha value is -2.11. The molecule has 1 unspecified atom stereocenters. The molecule has 1 atom stereocenters. The summed E-state index contributed by atoms with van der Waals surface area (Å²) in [5.74, 6) is 0.633. The summed E-state index contributed by atoms with van der Waals surface area (Å²) in [5.41, 5.74) is 0.694. The topological polar surface area (TPSA) is 44.8 Å². The zero-order chi connectivity index (χ0) is 22.6. The number of hydrogen-bond donors (Lipinski definition) is 0. The molecule has 2 aromatic carbocycles. The largest absolute Gasteiger partial charge is 0.489 e. The van der Waals surface area contributed by atoms with Crippen LogP contribution in [0.1, 0.15) is 59.6 Å². The van der Waals surface area contributed by atoms with Gasteiger partial charge in [-0.1, -0.05) is 77.1 Å². The average Bonchev–Trinajstić information content (AvgIpc) is 2.67. The molecule has 164 valence electrons. The van der Waals surface area contributed by atoms with E-state index in [1.54, 1.807) is 0 Å². The van der Waals surface area contributed by atoms with Crippen LogP contribution in [0.3, 0.4) is 0 Å². The lowest BCUT2D eigenvalue weighted by atomic mass is 9.46. The van der Waals surface area contributed by atoms with Gasteiger partial charge in [0.05, 0.1) is 5.41 Å². The summed E-state index contributed by atoms with van der Waals surface area (Å²) < 4.78 is 10.8. The highest BCUT2D eigenvalue weighted by molar-refractivity contribution is 5.98. The number of rotatable bonds is 8. The summed E-state index contributed by atoms with van der Waals surface area (Å²) in [7, 11) is 0.342. The van der Waals surface area contributed by atoms with Crippen LogP contribution in [0.25, 0.3) is 0 Å². The highest BCUT2D eigenvalue weighted by Crippen LogP contribution is 2.58. The van der Waals surface area contributed by atoms with Gasteiger partial charge in [-0.2, -0.15) is 0 Å². The molecule has 2 rings (SSSR count). The van der Waals surface area contributed by atoms with Gasteiger partial charge >= 0.3 is 5.97 Å². The fourth-order valence-corrected chi connectivity index (χ4v) is 5.70. The fraction of sp³-hybridized carbons (Fsp3) is 0.480. The van der Waals surface area contributed by atoms with Gasteiger partial charge in [0.25, 0.3) is 0 Å². The van der Waals surface area contributed by atoms with Crippen molar-refractivity contribution in [3.63, 3.8) is 0 Å². The molecule has 0 saturated heterocycles. The van der Waals surface area contributed by atoms with Crippen molar-refractivity contribution in [1.82, 2.24) is 0 Å². The van der Waals surface area contributed by atoms with Crippen LogP contribution in [-0.2, 0) is 26.3 Å². The maximum atomic E-state index is 13.0. The molecule has 0 heterocycles. The van der Waals surface area contributed by atoms with Crippen molar-refractivity contribution in [3.05, 3.63) is 65.7 Å². The van der Waals surface area contributed by atoms with Gasteiger partial charge in [0.1, 0.15) is 12.4 Å². The van der Waals surface area contributed by atoms with E-state index in [9.17, 15) is 4.79 Å². The molecule has 0 amide bonds.